The van der Waals surface area contributed by atoms with Crippen molar-refractivity contribution in [3.8, 4) is 17.1 Å². The van der Waals surface area contributed by atoms with Crippen LogP contribution in [0, 0.1) is 0 Å². The van der Waals surface area contributed by atoms with E-state index in [1.165, 1.54) is 11.3 Å². The van der Waals surface area contributed by atoms with E-state index in [0.717, 1.165) is 31.4 Å². The fourth-order valence-electron chi connectivity index (χ4n) is 3.62. The third kappa shape index (κ3) is 5.17. The zero-order valence-electron chi connectivity index (χ0n) is 19.4. The van der Waals surface area contributed by atoms with Crippen LogP contribution in [0.5, 0.6) is 5.88 Å². The number of imidazole rings is 1. The number of nitrogens with one attached hydrogen (secondary N) is 3. The van der Waals surface area contributed by atoms with Crippen molar-refractivity contribution in [2.75, 3.05) is 27.2 Å². The molecule has 1 aliphatic rings. The number of thiophene rings is 1. The lowest BCUT2D eigenvalue weighted by Crippen LogP contribution is -2.26. The summed E-state index contributed by atoms with van der Waals surface area (Å²) in [6.07, 6.45) is 6.17. The summed E-state index contributed by atoms with van der Waals surface area (Å²) in [7, 11) is 4.01. The Hall–Kier alpha value is -3.77. The number of hydrogen-bond acceptors (Lipinski definition) is 8. The van der Waals surface area contributed by atoms with Crippen molar-refractivity contribution in [2.24, 2.45) is 4.99 Å². The zero-order chi connectivity index (χ0) is 24.5. The van der Waals surface area contributed by atoms with Gasteiger partial charge in [-0.3, -0.25) is 14.8 Å². The van der Waals surface area contributed by atoms with Gasteiger partial charge in [-0.2, -0.15) is 9.61 Å². The van der Waals surface area contributed by atoms with Crippen molar-refractivity contribution in [1.29, 1.82) is 0 Å². The third-order valence-corrected chi connectivity index (χ3v) is 6.49. The molecule has 5 rings (SSSR count). The molecule has 12 heteroatoms. The molecular weight excluding hydrogens is 468 g/mol. The Balaban J connectivity index is 1.51. The summed E-state index contributed by atoms with van der Waals surface area (Å²) >= 11 is 1.37. The van der Waals surface area contributed by atoms with E-state index in [1.807, 2.05) is 31.6 Å². The molecule has 1 aliphatic carbocycles. The molecule has 35 heavy (non-hydrogen) atoms. The Morgan fingerprint density at radius 2 is 2.20 bits per heavy atom. The lowest BCUT2D eigenvalue weighted by Gasteiger charge is -2.09. The van der Waals surface area contributed by atoms with Crippen molar-refractivity contribution < 1.29 is 9.90 Å². The Kier molecular flexibility index (Phi) is 6.22. The second-order valence-corrected chi connectivity index (χ2v) is 9.70. The molecule has 1 amide bonds. The maximum Gasteiger partial charge on any atom is 0.326 e. The SMILES string of the molecule is CN(C)CCCNC(=O)c1cc(-c2cc(=NC3CC3)n3nc/c(=C\c4[nH]c(=O)[nH]c4O)c3n2)cs1. The van der Waals surface area contributed by atoms with Crippen LogP contribution in [-0.4, -0.2) is 73.7 Å². The molecule has 4 aromatic heterocycles. The van der Waals surface area contributed by atoms with Gasteiger partial charge in [-0.25, -0.2) is 9.78 Å². The molecule has 0 radical (unpaired) electrons. The normalized spacial score (nSPS) is 14.9. The fourth-order valence-corrected chi connectivity index (χ4v) is 4.43. The van der Waals surface area contributed by atoms with Crippen LogP contribution in [0.1, 0.15) is 34.6 Å². The second kappa shape index (κ2) is 9.47. The number of hydrogen-bond donors (Lipinski definition) is 4. The largest absolute Gasteiger partial charge is 0.493 e. The van der Waals surface area contributed by atoms with Crippen LogP contribution in [0.4, 0.5) is 0 Å². The molecule has 0 atom stereocenters. The fraction of sp³-hybridized carbons (Fsp3) is 0.348. The van der Waals surface area contributed by atoms with Gasteiger partial charge in [0.25, 0.3) is 5.91 Å². The van der Waals surface area contributed by atoms with Gasteiger partial charge in [-0.1, -0.05) is 0 Å². The van der Waals surface area contributed by atoms with Gasteiger partial charge in [-0.15, -0.1) is 11.3 Å². The molecule has 11 nitrogen and oxygen atoms in total. The van der Waals surface area contributed by atoms with Crippen LogP contribution in [0.3, 0.4) is 0 Å². The average molecular weight is 495 g/mol. The van der Waals surface area contributed by atoms with E-state index in [1.54, 1.807) is 16.8 Å². The second-order valence-electron chi connectivity index (χ2n) is 8.79. The zero-order valence-corrected chi connectivity index (χ0v) is 20.2. The molecular formula is C23H26N8O3S. The number of carbonyl (C=O) groups is 1. The van der Waals surface area contributed by atoms with Crippen molar-refractivity contribution in [1.82, 2.24) is 34.8 Å². The van der Waals surface area contributed by atoms with E-state index >= 15 is 0 Å². The van der Waals surface area contributed by atoms with Gasteiger partial charge in [-0.05, 0) is 52.0 Å². The van der Waals surface area contributed by atoms with Gasteiger partial charge in [0.05, 0.1) is 22.8 Å². The number of aromatic hydroxyl groups is 1. The molecule has 0 aliphatic heterocycles. The summed E-state index contributed by atoms with van der Waals surface area (Å²) in [5, 5.41) is 19.9. The predicted octanol–water partition coefficient (Wildman–Crippen LogP) is 0.472. The lowest BCUT2D eigenvalue weighted by atomic mass is 10.2. The standard InChI is InChI=1S/C23H26N8O3S/c1-30(2)7-3-6-24-22(33)18-9-14(12-35-18)16-10-19(26-15-4-5-15)31-20(27-16)13(11-25-31)8-17-21(32)29-23(34)28-17/h8-12,15,32H,3-7H2,1-2H3,(H,24,33)(H2,28,29,34)/b13-8+,26-19?. The third-order valence-electron chi connectivity index (χ3n) is 5.56. The Morgan fingerprint density at radius 1 is 1.37 bits per heavy atom. The van der Waals surface area contributed by atoms with Crippen molar-refractivity contribution in [3.05, 3.63) is 55.5 Å². The molecule has 4 aromatic rings. The molecule has 0 spiro atoms. The first-order chi connectivity index (χ1) is 16.9. The molecule has 1 saturated carbocycles. The molecule has 1 fully saturated rings. The number of fused-ring (bicyclic) bond motifs is 1. The summed E-state index contributed by atoms with van der Waals surface area (Å²) in [6, 6.07) is 3.97. The highest BCUT2D eigenvalue weighted by atomic mass is 32.1. The average Bonchev–Trinajstić information content (AvgIpc) is 3.19. The van der Waals surface area contributed by atoms with Crippen LogP contribution in [-0.2, 0) is 0 Å². The maximum absolute atomic E-state index is 12.6. The summed E-state index contributed by atoms with van der Waals surface area (Å²) in [4.78, 5) is 41.2. The van der Waals surface area contributed by atoms with Crippen LogP contribution in [0.2, 0.25) is 0 Å². The minimum atomic E-state index is -0.505. The van der Waals surface area contributed by atoms with Crippen LogP contribution in [0.15, 0.2) is 33.5 Å². The maximum atomic E-state index is 12.6. The molecule has 182 valence electrons. The molecule has 4 N–H and O–H groups in total. The first-order valence-electron chi connectivity index (χ1n) is 11.3. The number of amides is 1. The Bertz CT molecular complexity index is 1560. The van der Waals surface area contributed by atoms with Gasteiger partial charge in [0.15, 0.2) is 11.1 Å². The van der Waals surface area contributed by atoms with Gasteiger partial charge in [0.2, 0.25) is 5.88 Å². The summed E-state index contributed by atoms with van der Waals surface area (Å²) in [5.41, 5.74) is 2.41. The van der Waals surface area contributed by atoms with Crippen molar-refractivity contribution in [2.45, 2.75) is 25.3 Å². The summed E-state index contributed by atoms with van der Waals surface area (Å²) in [5.74, 6) is -0.360. The van der Waals surface area contributed by atoms with Crippen molar-refractivity contribution >= 4 is 29.0 Å². The van der Waals surface area contributed by atoms with Crippen LogP contribution in [0.25, 0.3) is 23.0 Å². The molecule has 0 unspecified atom stereocenters. The topological polar surface area (TPSA) is 144 Å². The number of aromatic amines is 2. The summed E-state index contributed by atoms with van der Waals surface area (Å²) < 4.78 is 1.65. The minimum absolute atomic E-state index is 0.103. The van der Waals surface area contributed by atoms with Gasteiger partial charge < -0.3 is 20.3 Å². The van der Waals surface area contributed by atoms with E-state index in [9.17, 15) is 14.7 Å². The van der Waals surface area contributed by atoms with Crippen LogP contribution < -0.4 is 21.7 Å². The monoisotopic (exact) mass is 494 g/mol. The Labute approximate surface area is 203 Å². The highest BCUT2D eigenvalue weighted by Crippen LogP contribution is 2.25. The van der Waals surface area contributed by atoms with E-state index in [-0.39, 0.29) is 23.5 Å². The highest BCUT2D eigenvalue weighted by molar-refractivity contribution is 7.12. The molecule has 0 bridgehead atoms. The quantitative estimate of drug-likeness (QED) is 0.262. The van der Waals surface area contributed by atoms with Crippen LogP contribution >= 0.6 is 11.3 Å². The Morgan fingerprint density at radius 3 is 2.91 bits per heavy atom. The van der Waals surface area contributed by atoms with E-state index in [0.29, 0.717) is 33.5 Å². The molecule has 4 heterocycles. The van der Waals surface area contributed by atoms with Crippen molar-refractivity contribution in [3.63, 3.8) is 0 Å². The van der Waals surface area contributed by atoms with Gasteiger partial charge in [0, 0.05) is 28.8 Å². The summed E-state index contributed by atoms with van der Waals surface area (Å²) in [6.45, 7) is 1.52. The first kappa shape index (κ1) is 23.0. The lowest BCUT2D eigenvalue weighted by molar-refractivity contribution is 0.0956. The predicted molar refractivity (Wildman–Crippen MR) is 132 cm³/mol. The number of rotatable bonds is 8. The first-order valence-corrected chi connectivity index (χ1v) is 12.2. The molecule has 0 aromatic carbocycles. The number of aromatic nitrogens is 5. The highest BCUT2D eigenvalue weighted by Gasteiger charge is 2.21. The van der Waals surface area contributed by atoms with Gasteiger partial charge in [0.1, 0.15) is 5.69 Å². The smallest absolute Gasteiger partial charge is 0.326 e. The number of H-pyrrole nitrogens is 2. The minimum Gasteiger partial charge on any atom is -0.493 e. The number of carbonyl (C=O) groups excluding carboxylic acids is 1. The van der Waals surface area contributed by atoms with E-state index in [4.69, 9.17) is 9.98 Å². The van der Waals surface area contributed by atoms with Gasteiger partial charge >= 0.3 is 5.69 Å². The molecule has 0 saturated heterocycles. The van der Waals surface area contributed by atoms with E-state index < -0.39 is 5.69 Å². The number of nitrogens with zero attached hydrogens (tertiary/aromatic N) is 5. The van der Waals surface area contributed by atoms with E-state index in [2.05, 4.69) is 25.3 Å².